The molecule has 1 aromatic carbocycles. The monoisotopic (exact) mass is 207 g/mol. The van der Waals surface area contributed by atoms with E-state index in [1.165, 1.54) is 24.3 Å². The van der Waals surface area contributed by atoms with Gasteiger partial charge in [0, 0.05) is 16.0 Å². The zero-order valence-electron chi connectivity index (χ0n) is 7.69. The quantitative estimate of drug-likeness (QED) is 0.309. The first-order valence-electron chi connectivity index (χ1n) is 4.12. The van der Waals surface area contributed by atoms with E-state index in [1.807, 2.05) is 0 Å². The van der Waals surface area contributed by atoms with E-state index >= 15 is 0 Å². The van der Waals surface area contributed by atoms with Crippen molar-refractivity contribution in [1.29, 1.82) is 0 Å². The van der Waals surface area contributed by atoms with E-state index in [1.54, 1.807) is 0 Å². The summed E-state index contributed by atoms with van der Waals surface area (Å²) >= 11 is 0. The molecular formula is C10H7F2N3. The van der Waals surface area contributed by atoms with Gasteiger partial charge in [0.2, 0.25) is 0 Å². The van der Waals surface area contributed by atoms with Crippen molar-refractivity contribution in [3.05, 3.63) is 45.8 Å². The van der Waals surface area contributed by atoms with Crippen molar-refractivity contribution >= 4 is 0 Å². The van der Waals surface area contributed by atoms with Crippen LogP contribution in [0.15, 0.2) is 29.4 Å². The Morgan fingerprint density at radius 3 is 2.53 bits per heavy atom. The topological polar surface area (TPSA) is 48.8 Å². The molecule has 0 saturated heterocycles. The van der Waals surface area contributed by atoms with Gasteiger partial charge in [-0.05, 0) is 17.7 Å². The van der Waals surface area contributed by atoms with Crippen LogP contribution in [0.25, 0.3) is 10.4 Å². The molecule has 0 unspecified atom stereocenters. The highest BCUT2D eigenvalue weighted by Gasteiger charge is 2.04. The van der Waals surface area contributed by atoms with Crippen LogP contribution in [0, 0.1) is 11.8 Å². The molecule has 0 aliphatic rings. The highest BCUT2D eigenvalue weighted by Crippen LogP contribution is 2.18. The smallest absolute Gasteiger partial charge is 0.205 e. The Hall–Kier alpha value is -2.05. The van der Waals surface area contributed by atoms with Gasteiger partial charge in [-0.2, -0.15) is 0 Å². The SMILES string of the molecule is [N-]=[N+]=NCC#Cc1ccc(C(F)F)cc1. The summed E-state index contributed by atoms with van der Waals surface area (Å²) in [4.78, 5) is 2.53. The minimum Gasteiger partial charge on any atom is -0.205 e. The molecule has 0 radical (unpaired) electrons. The van der Waals surface area contributed by atoms with Gasteiger partial charge in [0.15, 0.2) is 0 Å². The maximum atomic E-state index is 12.2. The maximum absolute atomic E-state index is 12.2. The second-order valence-corrected chi connectivity index (χ2v) is 2.61. The van der Waals surface area contributed by atoms with Crippen molar-refractivity contribution in [1.82, 2.24) is 0 Å². The van der Waals surface area contributed by atoms with Crippen LogP contribution in [0.3, 0.4) is 0 Å². The standard InChI is InChI=1S/C10H7F2N3/c11-10(12)9-5-3-8(4-6-9)2-1-7-14-15-13/h3-6,10H,7H2. The van der Waals surface area contributed by atoms with Gasteiger partial charge in [-0.1, -0.05) is 29.1 Å². The lowest BCUT2D eigenvalue weighted by atomic mass is 10.1. The van der Waals surface area contributed by atoms with Crippen LogP contribution in [0.1, 0.15) is 17.6 Å². The van der Waals surface area contributed by atoms with E-state index in [4.69, 9.17) is 5.53 Å². The fourth-order valence-electron chi connectivity index (χ4n) is 0.921. The van der Waals surface area contributed by atoms with Gasteiger partial charge >= 0.3 is 0 Å². The van der Waals surface area contributed by atoms with E-state index in [0.717, 1.165) is 0 Å². The van der Waals surface area contributed by atoms with Gasteiger partial charge in [0.25, 0.3) is 6.43 Å². The third kappa shape index (κ3) is 3.67. The van der Waals surface area contributed by atoms with Gasteiger partial charge in [-0.3, -0.25) is 0 Å². The average molecular weight is 207 g/mol. The van der Waals surface area contributed by atoms with E-state index < -0.39 is 6.43 Å². The molecule has 1 aromatic rings. The Bertz CT molecular complexity index is 422. The molecule has 0 N–H and O–H groups in total. The molecule has 0 atom stereocenters. The summed E-state index contributed by atoms with van der Waals surface area (Å²) < 4.78 is 24.3. The van der Waals surface area contributed by atoms with Crippen LogP contribution in [0.4, 0.5) is 8.78 Å². The molecule has 0 aliphatic heterocycles. The molecule has 0 amide bonds. The Balaban J connectivity index is 2.70. The first-order chi connectivity index (χ1) is 7.24. The van der Waals surface area contributed by atoms with Crippen molar-refractivity contribution in [2.45, 2.75) is 6.43 Å². The Morgan fingerprint density at radius 2 is 2.00 bits per heavy atom. The first kappa shape index (κ1) is 11.0. The minimum absolute atomic E-state index is 0.0319. The normalized spacial score (nSPS) is 9.00. The summed E-state index contributed by atoms with van der Waals surface area (Å²) in [7, 11) is 0. The van der Waals surface area contributed by atoms with Crippen molar-refractivity contribution in [2.75, 3.05) is 6.54 Å². The number of hydrogen-bond donors (Lipinski definition) is 0. The van der Waals surface area contributed by atoms with Gasteiger partial charge in [-0.15, -0.1) is 0 Å². The Morgan fingerprint density at radius 1 is 1.33 bits per heavy atom. The lowest BCUT2D eigenvalue weighted by Crippen LogP contribution is -1.83. The third-order valence-corrected chi connectivity index (χ3v) is 1.61. The zero-order chi connectivity index (χ0) is 11.1. The van der Waals surface area contributed by atoms with Crippen LogP contribution < -0.4 is 0 Å². The van der Waals surface area contributed by atoms with E-state index in [0.29, 0.717) is 5.56 Å². The number of benzene rings is 1. The molecule has 0 spiro atoms. The van der Waals surface area contributed by atoms with Crippen LogP contribution in [0.2, 0.25) is 0 Å². The third-order valence-electron chi connectivity index (χ3n) is 1.61. The van der Waals surface area contributed by atoms with Crippen LogP contribution >= 0.6 is 0 Å². The number of alkyl halides is 2. The lowest BCUT2D eigenvalue weighted by molar-refractivity contribution is 0.151. The number of rotatable bonds is 2. The molecule has 0 aliphatic carbocycles. The summed E-state index contributed by atoms with van der Waals surface area (Å²) in [6.07, 6.45) is -2.46. The molecule has 0 aromatic heterocycles. The molecule has 5 heteroatoms. The molecule has 0 bridgehead atoms. The second kappa shape index (κ2) is 5.63. The highest BCUT2D eigenvalue weighted by atomic mass is 19.3. The highest BCUT2D eigenvalue weighted by molar-refractivity contribution is 5.36. The number of halogens is 2. The Labute approximate surface area is 85.4 Å². The van der Waals surface area contributed by atoms with Crippen molar-refractivity contribution < 1.29 is 8.78 Å². The predicted octanol–water partition coefficient (Wildman–Crippen LogP) is 3.29. The number of hydrogen-bond acceptors (Lipinski definition) is 1. The Kier molecular flexibility index (Phi) is 4.14. The summed E-state index contributed by atoms with van der Waals surface area (Å²) in [5.41, 5.74) is 8.55. The van der Waals surface area contributed by atoms with Crippen molar-refractivity contribution in [2.24, 2.45) is 5.11 Å². The molecular weight excluding hydrogens is 200 g/mol. The van der Waals surface area contributed by atoms with Crippen molar-refractivity contribution in [3.8, 4) is 11.8 Å². The molecule has 15 heavy (non-hydrogen) atoms. The molecule has 3 nitrogen and oxygen atoms in total. The summed E-state index contributed by atoms with van der Waals surface area (Å²) in [6, 6.07) is 5.65. The van der Waals surface area contributed by atoms with E-state index in [-0.39, 0.29) is 12.1 Å². The van der Waals surface area contributed by atoms with Crippen LogP contribution in [0.5, 0.6) is 0 Å². The van der Waals surface area contributed by atoms with Gasteiger partial charge < -0.3 is 0 Å². The maximum Gasteiger partial charge on any atom is 0.263 e. The average Bonchev–Trinajstić information content (AvgIpc) is 2.25. The van der Waals surface area contributed by atoms with Crippen LogP contribution in [-0.2, 0) is 0 Å². The summed E-state index contributed by atoms with van der Waals surface area (Å²) in [5, 5.41) is 3.22. The molecule has 0 heterocycles. The van der Waals surface area contributed by atoms with E-state index in [2.05, 4.69) is 21.9 Å². The molecule has 1 rings (SSSR count). The zero-order valence-corrected chi connectivity index (χ0v) is 7.69. The molecule has 0 saturated carbocycles. The fourth-order valence-corrected chi connectivity index (χ4v) is 0.921. The van der Waals surface area contributed by atoms with E-state index in [9.17, 15) is 8.78 Å². The largest absolute Gasteiger partial charge is 0.263 e. The first-order valence-corrected chi connectivity index (χ1v) is 4.12. The summed E-state index contributed by atoms with van der Waals surface area (Å²) in [6.45, 7) is 0.0765. The molecule has 76 valence electrons. The fraction of sp³-hybridized carbons (Fsp3) is 0.200. The lowest BCUT2D eigenvalue weighted by Gasteiger charge is -1.97. The molecule has 0 fully saturated rings. The number of nitrogens with zero attached hydrogens (tertiary/aromatic N) is 3. The number of azide groups is 1. The predicted molar refractivity (Wildman–Crippen MR) is 52.3 cm³/mol. The van der Waals surface area contributed by atoms with Crippen LogP contribution in [-0.4, -0.2) is 6.54 Å². The van der Waals surface area contributed by atoms with Crippen molar-refractivity contribution in [3.63, 3.8) is 0 Å². The van der Waals surface area contributed by atoms with Gasteiger partial charge in [0.05, 0.1) is 6.54 Å². The summed E-state index contributed by atoms with van der Waals surface area (Å²) in [5.74, 6) is 5.28. The van der Waals surface area contributed by atoms with Gasteiger partial charge in [0.1, 0.15) is 0 Å². The second-order valence-electron chi connectivity index (χ2n) is 2.61. The van der Waals surface area contributed by atoms with Gasteiger partial charge in [-0.25, -0.2) is 8.78 Å². The minimum atomic E-state index is -2.46.